The molecule has 1 unspecified atom stereocenters. The van der Waals surface area contributed by atoms with E-state index in [0.717, 1.165) is 34.1 Å². The Morgan fingerprint density at radius 2 is 1.84 bits per heavy atom. The predicted molar refractivity (Wildman–Crippen MR) is 95.4 cm³/mol. The first-order valence-corrected chi connectivity index (χ1v) is 9.51. The molecule has 0 amide bonds. The molecule has 0 bridgehead atoms. The molecule has 6 nitrogen and oxygen atoms in total. The second-order valence-corrected chi connectivity index (χ2v) is 7.15. The third kappa shape index (κ3) is 4.29. The summed E-state index contributed by atoms with van der Waals surface area (Å²) >= 11 is 0. The fourth-order valence-corrected chi connectivity index (χ4v) is 3.69. The summed E-state index contributed by atoms with van der Waals surface area (Å²) < 4.78 is 23.5. The Kier molecular flexibility index (Phi) is 5.88. The van der Waals surface area contributed by atoms with E-state index in [4.69, 9.17) is 9.47 Å². The third-order valence-electron chi connectivity index (χ3n) is 3.90. The fourth-order valence-electron chi connectivity index (χ4n) is 2.52. The Balaban J connectivity index is 1.69. The minimum absolute atomic E-state index is 0.298. The lowest BCUT2D eigenvalue weighted by atomic mass is 10.2. The van der Waals surface area contributed by atoms with E-state index in [-0.39, 0.29) is 0 Å². The van der Waals surface area contributed by atoms with Crippen LogP contribution in [0.3, 0.4) is 0 Å². The normalized spacial score (nSPS) is 14.5. The maximum Gasteiger partial charge on any atom is 0.216 e. The molecule has 0 N–H and O–H groups in total. The molecule has 2 aromatic rings. The molecule has 3 rings (SSSR count). The highest BCUT2D eigenvalue weighted by atomic mass is 32.2. The van der Waals surface area contributed by atoms with Crippen LogP contribution in [0.4, 0.5) is 0 Å². The summed E-state index contributed by atoms with van der Waals surface area (Å²) in [5, 5.41) is 1.58. The molecule has 2 heterocycles. The summed E-state index contributed by atoms with van der Waals surface area (Å²) in [5.41, 5.74) is 1.09. The van der Waals surface area contributed by atoms with Crippen molar-refractivity contribution in [2.45, 2.75) is 24.6 Å². The molecule has 1 aromatic carbocycles. The van der Waals surface area contributed by atoms with Gasteiger partial charge in [-0.05, 0) is 25.1 Å². The predicted octanol–water partition coefficient (Wildman–Crippen LogP) is 1.29. The van der Waals surface area contributed by atoms with E-state index >= 15 is 0 Å². The van der Waals surface area contributed by atoms with Gasteiger partial charge in [-0.3, -0.25) is 9.19 Å². The zero-order valence-corrected chi connectivity index (χ0v) is 15.2. The van der Waals surface area contributed by atoms with Crippen molar-refractivity contribution >= 4 is 10.8 Å². The van der Waals surface area contributed by atoms with Gasteiger partial charge in [-0.1, -0.05) is 12.1 Å². The molecular formula is C18H21N3O3S. The van der Waals surface area contributed by atoms with Crippen molar-refractivity contribution in [3.8, 4) is 5.75 Å². The Morgan fingerprint density at radius 3 is 2.52 bits per heavy atom. The average Bonchev–Trinajstić information content (AvgIpc) is 3.06. The lowest BCUT2D eigenvalue weighted by molar-refractivity contribution is 0.172. The Hall–Kier alpha value is -2.12. The first-order valence-electron chi connectivity index (χ1n) is 8.13. The molecule has 0 aliphatic carbocycles. The van der Waals surface area contributed by atoms with Gasteiger partial charge in [-0.25, -0.2) is 9.98 Å². The minimum Gasteiger partial charge on any atom is -0.493 e. The number of hydrogen-bond acceptors (Lipinski definition) is 6. The van der Waals surface area contributed by atoms with Gasteiger partial charge in [-0.15, -0.1) is 0 Å². The van der Waals surface area contributed by atoms with Gasteiger partial charge in [0.25, 0.3) is 0 Å². The number of aromatic nitrogens is 1. The summed E-state index contributed by atoms with van der Waals surface area (Å²) in [5.74, 6) is 1.06. The van der Waals surface area contributed by atoms with Crippen molar-refractivity contribution in [3.63, 3.8) is 0 Å². The molecule has 0 radical (unpaired) electrons. The third-order valence-corrected chi connectivity index (χ3v) is 5.14. The first kappa shape index (κ1) is 17.7. The SMILES string of the molecule is COCCCOc1ccnc(CS(=O)C2N=c3ccccc3=N2)c1C. The Morgan fingerprint density at radius 1 is 1.12 bits per heavy atom. The highest BCUT2D eigenvalue weighted by molar-refractivity contribution is 7.84. The standard InChI is InChI=1S/C18H21N3O3S/c1-13-16(19-9-8-17(13)24-11-5-10-23-2)12-25(22)18-20-14-6-3-4-7-15(14)21-18/h3-4,6-9,18H,5,10-12H2,1-2H3. The van der Waals surface area contributed by atoms with Crippen LogP contribution < -0.4 is 15.5 Å². The molecule has 0 saturated heterocycles. The summed E-state index contributed by atoms with van der Waals surface area (Å²) in [7, 11) is 0.398. The number of pyridine rings is 1. The van der Waals surface area contributed by atoms with Gasteiger partial charge in [-0.2, -0.15) is 0 Å². The first-order chi connectivity index (χ1) is 12.2. The maximum atomic E-state index is 12.7. The molecular weight excluding hydrogens is 338 g/mol. The number of benzene rings is 1. The highest BCUT2D eigenvalue weighted by Gasteiger charge is 2.20. The van der Waals surface area contributed by atoms with Crippen molar-refractivity contribution < 1.29 is 13.7 Å². The second kappa shape index (κ2) is 8.31. The topological polar surface area (TPSA) is 73.1 Å². The monoisotopic (exact) mass is 359 g/mol. The summed E-state index contributed by atoms with van der Waals surface area (Å²) in [6, 6.07) is 9.40. The molecule has 7 heteroatoms. The van der Waals surface area contributed by atoms with Gasteiger partial charge in [0, 0.05) is 31.9 Å². The van der Waals surface area contributed by atoms with E-state index in [1.54, 1.807) is 13.3 Å². The molecule has 1 aliphatic rings. The smallest absolute Gasteiger partial charge is 0.216 e. The quantitative estimate of drug-likeness (QED) is 0.666. The highest BCUT2D eigenvalue weighted by Crippen LogP contribution is 2.21. The molecule has 0 spiro atoms. The second-order valence-electron chi connectivity index (χ2n) is 5.67. The average molecular weight is 359 g/mol. The van der Waals surface area contributed by atoms with Crippen LogP contribution >= 0.6 is 0 Å². The number of para-hydroxylation sites is 2. The fraction of sp³-hybridized carbons (Fsp3) is 0.389. The number of hydrogen-bond donors (Lipinski definition) is 0. The molecule has 1 atom stereocenters. The lowest BCUT2D eigenvalue weighted by Crippen LogP contribution is -2.19. The van der Waals surface area contributed by atoms with Crippen molar-refractivity contribution in [2.75, 3.05) is 20.3 Å². The van der Waals surface area contributed by atoms with Crippen molar-refractivity contribution in [2.24, 2.45) is 9.98 Å². The van der Waals surface area contributed by atoms with Crippen molar-refractivity contribution in [3.05, 3.63) is 58.5 Å². The van der Waals surface area contributed by atoms with E-state index in [1.165, 1.54) is 0 Å². The van der Waals surface area contributed by atoms with Gasteiger partial charge in [0.05, 0.1) is 39.6 Å². The van der Waals surface area contributed by atoms with Crippen molar-refractivity contribution in [1.82, 2.24) is 4.98 Å². The minimum atomic E-state index is -1.27. The van der Waals surface area contributed by atoms with Gasteiger partial charge in [0.15, 0.2) is 0 Å². The zero-order chi connectivity index (χ0) is 17.6. The van der Waals surface area contributed by atoms with Gasteiger partial charge in [0.2, 0.25) is 5.50 Å². The molecule has 132 valence electrons. The van der Waals surface area contributed by atoms with Crippen molar-refractivity contribution in [1.29, 1.82) is 0 Å². The van der Waals surface area contributed by atoms with Crippen LogP contribution in [0.5, 0.6) is 5.75 Å². The van der Waals surface area contributed by atoms with Gasteiger partial charge < -0.3 is 9.47 Å². The number of rotatable bonds is 8. The lowest BCUT2D eigenvalue weighted by Gasteiger charge is -2.12. The maximum absolute atomic E-state index is 12.7. The number of ether oxygens (including phenoxy) is 2. The summed E-state index contributed by atoms with van der Waals surface area (Å²) in [6.45, 7) is 3.17. The van der Waals surface area contributed by atoms with Crippen LogP contribution in [0.1, 0.15) is 17.7 Å². The van der Waals surface area contributed by atoms with Gasteiger partial charge >= 0.3 is 0 Å². The molecule has 25 heavy (non-hydrogen) atoms. The number of fused-ring (bicyclic) bond motifs is 1. The van der Waals surface area contributed by atoms with E-state index < -0.39 is 16.3 Å². The van der Waals surface area contributed by atoms with Crippen LogP contribution in [-0.2, 0) is 21.3 Å². The van der Waals surface area contributed by atoms with E-state index in [1.807, 2.05) is 37.3 Å². The van der Waals surface area contributed by atoms with E-state index in [9.17, 15) is 4.21 Å². The van der Waals surface area contributed by atoms with Gasteiger partial charge in [0.1, 0.15) is 5.75 Å². The summed E-state index contributed by atoms with van der Waals surface area (Å²) in [4.78, 5) is 13.2. The largest absolute Gasteiger partial charge is 0.493 e. The molecule has 1 aromatic heterocycles. The van der Waals surface area contributed by atoms with Crippen LogP contribution in [-0.4, -0.2) is 35.0 Å². The summed E-state index contributed by atoms with van der Waals surface area (Å²) in [6.07, 6.45) is 2.50. The number of methoxy groups -OCH3 is 1. The molecule has 0 saturated carbocycles. The molecule has 1 aliphatic heterocycles. The van der Waals surface area contributed by atoms with Crippen LogP contribution in [0.2, 0.25) is 0 Å². The van der Waals surface area contributed by atoms with Crippen LogP contribution in [0.25, 0.3) is 0 Å². The van der Waals surface area contributed by atoms with Crippen LogP contribution in [0, 0.1) is 6.92 Å². The number of nitrogens with zero attached hydrogens (tertiary/aromatic N) is 3. The van der Waals surface area contributed by atoms with E-state index in [2.05, 4.69) is 15.0 Å². The van der Waals surface area contributed by atoms with Crippen LogP contribution in [0.15, 0.2) is 46.5 Å². The Labute approximate surface area is 149 Å². The molecule has 0 fully saturated rings. The zero-order valence-electron chi connectivity index (χ0n) is 14.3. The Bertz CT molecular complexity index is 850. The van der Waals surface area contributed by atoms with E-state index in [0.29, 0.717) is 19.0 Å².